The minimum absolute atomic E-state index is 0.0773. The van der Waals surface area contributed by atoms with Crippen LogP contribution in [0, 0.1) is 6.92 Å². The van der Waals surface area contributed by atoms with Crippen molar-refractivity contribution in [3.05, 3.63) is 58.1 Å². The summed E-state index contributed by atoms with van der Waals surface area (Å²) in [5, 5.41) is 19.0. The largest absolute Gasteiger partial charge is 0.508 e. The van der Waals surface area contributed by atoms with E-state index in [1.807, 2.05) is 39.0 Å². The number of carboxylic acid groups (broad SMARTS) is 1. The van der Waals surface area contributed by atoms with Gasteiger partial charge in [-0.15, -0.1) is 11.8 Å². The minimum Gasteiger partial charge on any atom is -0.508 e. The first-order valence-electron chi connectivity index (χ1n) is 8.98. The molecular weight excluding hydrogens is 398 g/mol. The molecule has 0 saturated carbocycles. The highest BCUT2D eigenvalue weighted by atomic mass is 35.5. The number of nitrogens with zero attached hydrogens (tertiary/aromatic N) is 1. The molecule has 148 valence electrons. The molecule has 0 radical (unpaired) electrons. The van der Waals surface area contributed by atoms with Gasteiger partial charge in [0.2, 0.25) is 5.91 Å². The molecule has 1 amide bonds. The van der Waals surface area contributed by atoms with Crippen molar-refractivity contribution in [3.8, 4) is 5.75 Å². The molecule has 0 spiro atoms. The first-order chi connectivity index (χ1) is 13.2. The molecule has 0 aliphatic carbocycles. The monoisotopic (exact) mass is 419 g/mol. The van der Waals surface area contributed by atoms with Gasteiger partial charge in [-0.25, -0.2) is 0 Å². The SMILES string of the molecule is Cc1cc(O)c(C(C)C)cc1N1C(=O)C(CC(=O)O)SC1c1ccc(Cl)cc1. The fourth-order valence-electron chi connectivity index (χ4n) is 3.36. The molecule has 2 aromatic carbocycles. The minimum atomic E-state index is -1.01. The molecule has 2 N–H and O–H groups in total. The predicted molar refractivity (Wildman–Crippen MR) is 112 cm³/mol. The van der Waals surface area contributed by atoms with Gasteiger partial charge in [0.25, 0.3) is 0 Å². The molecule has 0 aromatic heterocycles. The summed E-state index contributed by atoms with van der Waals surface area (Å²) in [5.74, 6) is -0.974. The van der Waals surface area contributed by atoms with E-state index in [1.165, 1.54) is 11.8 Å². The van der Waals surface area contributed by atoms with Crippen molar-refractivity contribution >= 4 is 40.9 Å². The Labute approximate surface area is 173 Å². The lowest BCUT2D eigenvalue weighted by Gasteiger charge is -2.27. The van der Waals surface area contributed by atoms with Gasteiger partial charge in [-0.3, -0.25) is 14.5 Å². The number of phenolic OH excluding ortho intramolecular Hbond substituents is 1. The number of aliphatic carboxylic acids is 1. The van der Waals surface area contributed by atoms with Gasteiger partial charge in [-0.05, 0) is 53.8 Å². The van der Waals surface area contributed by atoms with Gasteiger partial charge in [0.1, 0.15) is 11.1 Å². The summed E-state index contributed by atoms with van der Waals surface area (Å²) in [6.07, 6.45) is -0.238. The highest BCUT2D eigenvalue weighted by Gasteiger charge is 2.43. The summed E-state index contributed by atoms with van der Waals surface area (Å²) in [6.45, 7) is 5.78. The third-order valence-electron chi connectivity index (χ3n) is 4.78. The Morgan fingerprint density at radius 1 is 1.25 bits per heavy atom. The normalized spacial score (nSPS) is 19.5. The summed E-state index contributed by atoms with van der Waals surface area (Å²) in [6, 6.07) is 10.7. The maximum absolute atomic E-state index is 13.2. The van der Waals surface area contributed by atoms with E-state index in [-0.39, 0.29) is 29.4 Å². The number of hydrogen-bond acceptors (Lipinski definition) is 4. The van der Waals surface area contributed by atoms with Gasteiger partial charge in [0.15, 0.2) is 0 Å². The van der Waals surface area contributed by atoms with Crippen LogP contribution in [0.4, 0.5) is 5.69 Å². The van der Waals surface area contributed by atoms with E-state index in [0.717, 1.165) is 16.7 Å². The van der Waals surface area contributed by atoms with Crippen LogP contribution in [0.1, 0.15) is 48.3 Å². The molecule has 1 saturated heterocycles. The summed E-state index contributed by atoms with van der Waals surface area (Å²) < 4.78 is 0. The lowest BCUT2D eigenvalue weighted by molar-refractivity contribution is -0.138. The number of thioether (sulfide) groups is 1. The van der Waals surface area contributed by atoms with Gasteiger partial charge < -0.3 is 10.2 Å². The van der Waals surface area contributed by atoms with Gasteiger partial charge >= 0.3 is 5.97 Å². The average molecular weight is 420 g/mol. The third kappa shape index (κ3) is 3.98. The first-order valence-corrected chi connectivity index (χ1v) is 10.3. The fourth-order valence-corrected chi connectivity index (χ4v) is 4.92. The molecule has 2 unspecified atom stereocenters. The predicted octanol–water partition coefficient (Wildman–Crippen LogP) is 5.10. The quantitative estimate of drug-likeness (QED) is 0.704. The van der Waals surface area contributed by atoms with Crippen LogP contribution >= 0.6 is 23.4 Å². The standard InChI is InChI=1S/C21H22ClNO4S/c1-11(2)15-9-16(12(3)8-17(15)24)23-20(27)18(10-19(25)26)28-21(23)13-4-6-14(22)7-5-13/h4-9,11,18,21,24H,10H2,1-3H3,(H,25,26). The second-order valence-corrected chi connectivity index (χ2v) is 8.91. The van der Waals surface area contributed by atoms with Crippen LogP contribution in [0.25, 0.3) is 0 Å². The van der Waals surface area contributed by atoms with Crippen molar-refractivity contribution in [1.82, 2.24) is 0 Å². The number of carbonyl (C=O) groups is 2. The highest BCUT2D eigenvalue weighted by Crippen LogP contribution is 2.48. The molecule has 1 aliphatic rings. The maximum Gasteiger partial charge on any atom is 0.305 e. The number of aromatic hydroxyl groups is 1. The summed E-state index contributed by atoms with van der Waals surface area (Å²) in [4.78, 5) is 26.1. The van der Waals surface area contributed by atoms with Crippen molar-refractivity contribution in [2.24, 2.45) is 0 Å². The Hall–Kier alpha value is -2.18. The number of benzene rings is 2. The molecule has 28 heavy (non-hydrogen) atoms. The second-order valence-electron chi connectivity index (χ2n) is 7.19. The van der Waals surface area contributed by atoms with Crippen LogP contribution in [0.2, 0.25) is 5.02 Å². The van der Waals surface area contributed by atoms with E-state index in [2.05, 4.69) is 0 Å². The van der Waals surface area contributed by atoms with Crippen molar-refractivity contribution in [1.29, 1.82) is 0 Å². The van der Waals surface area contributed by atoms with Crippen LogP contribution in [-0.4, -0.2) is 27.3 Å². The topological polar surface area (TPSA) is 77.8 Å². The number of hydrogen-bond donors (Lipinski definition) is 2. The molecule has 7 heteroatoms. The Kier molecular flexibility index (Phi) is 5.91. The number of carbonyl (C=O) groups excluding carboxylic acids is 1. The van der Waals surface area contributed by atoms with Crippen molar-refractivity contribution in [2.45, 2.75) is 43.7 Å². The molecule has 1 fully saturated rings. The first kappa shape index (κ1) is 20.6. The average Bonchev–Trinajstić information content (AvgIpc) is 2.91. The second kappa shape index (κ2) is 8.05. The number of amides is 1. The van der Waals surface area contributed by atoms with Gasteiger partial charge in [0.05, 0.1) is 11.7 Å². The number of carboxylic acids is 1. The molecule has 5 nitrogen and oxygen atoms in total. The van der Waals surface area contributed by atoms with Gasteiger partial charge in [-0.1, -0.05) is 37.6 Å². The summed E-state index contributed by atoms with van der Waals surface area (Å²) in [5.41, 5.74) is 3.06. The molecular formula is C21H22ClNO4S. The van der Waals surface area contributed by atoms with E-state index < -0.39 is 11.2 Å². The molecule has 2 aromatic rings. The Morgan fingerprint density at radius 2 is 1.89 bits per heavy atom. The van der Waals surface area contributed by atoms with Gasteiger partial charge in [0, 0.05) is 10.7 Å². The van der Waals surface area contributed by atoms with Crippen LogP contribution < -0.4 is 4.90 Å². The van der Waals surface area contributed by atoms with Gasteiger partial charge in [-0.2, -0.15) is 0 Å². The van der Waals surface area contributed by atoms with E-state index >= 15 is 0 Å². The smallest absolute Gasteiger partial charge is 0.305 e. The summed E-state index contributed by atoms with van der Waals surface area (Å²) in [7, 11) is 0. The van der Waals surface area contributed by atoms with Crippen molar-refractivity contribution in [2.75, 3.05) is 4.90 Å². The van der Waals surface area contributed by atoms with Crippen LogP contribution in [-0.2, 0) is 9.59 Å². The summed E-state index contributed by atoms with van der Waals surface area (Å²) >= 11 is 7.33. The Balaban J connectivity index is 2.11. The molecule has 1 heterocycles. The molecule has 1 aliphatic heterocycles. The molecule has 0 bridgehead atoms. The number of aryl methyl sites for hydroxylation is 1. The zero-order valence-electron chi connectivity index (χ0n) is 15.8. The zero-order chi connectivity index (χ0) is 20.6. The van der Waals surface area contributed by atoms with E-state index in [4.69, 9.17) is 11.6 Å². The fraction of sp³-hybridized carbons (Fsp3) is 0.333. The van der Waals surface area contributed by atoms with Crippen molar-refractivity contribution < 1.29 is 19.8 Å². The van der Waals surface area contributed by atoms with Crippen molar-refractivity contribution in [3.63, 3.8) is 0 Å². The Bertz CT molecular complexity index is 913. The number of halogens is 1. The third-order valence-corrected chi connectivity index (χ3v) is 6.47. The van der Waals surface area contributed by atoms with E-state index in [9.17, 15) is 19.8 Å². The van der Waals surface area contributed by atoms with Crippen LogP contribution in [0.3, 0.4) is 0 Å². The maximum atomic E-state index is 13.2. The lowest BCUT2D eigenvalue weighted by atomic mass is 9.98. The van der Waals surface area contributed by atoms with Crippen LogP contribution in [0.15, 0.2) is 36.4 Å². The number of anilines is 1. The molecule has 2 atom stereocenters. The zero-order valence-corrected chi connectivity index (χ0v) is 17.4. The van der Waals surface area contributed by atoms with E-state index in [0.29, 0.717) is 10.7 Å². The van der Waals surface area contributed by atoms with Crippen LogP contribution in [0.5, 0.6) is 5.75 Å². The number of phenols is 1. The number of rotatable bonds is 5. The highest BCUT2D eigenvalue weighted by molar-refractivity contribution is 8.01. The van der Waals surface area contributed by atoms with E-state index in [1.54, 1.807) is 23.1 Å². The molecule has 3 rings (SSSR count). The lowest BCUT2D eigenvalue weighted by Crippen LogP contribution is -2.32. The Morgan fingerprint density at radius 3 is 2.46 bits per heavy atom.